The number of carboxylic acid groups (broad SMARTS) is 1. The van der Waals surface area contributed by atoms with Gasteiger partial charge in [0.15, 0.2) is 0 Å². The summed E-state index contributed by atoms with van der Waals surface area (Å²) < 4.78 is 1.07. The van der Waals surface area contributed by atoms with Crippen LogP contribution in [0.1, 0.15) is 24.0 Å². The molecule has 0 aromatic heterocycles. The zero-order valence-corrected chi connectivity index (χ0v) is 13.0. The Bertz CT molecular complexity index is 530. The average Bonchev–Trinajstić information content (AvgIpc) is 2.89. The molecule has 0 radical (unpaired) electrons. The van der Waals surface area contributed by atoms with Crippen LogP contribution in [0.4, 0.5) is 0 Å². The van der Waals surface area contributed by atoms with E-state index in [9.17, 15) is 9.59 Å². The molecule has 2 rings (SSSR count). The standard InChI is InChI=1S/C15H18BrNO3/c1-10-8-11(2-4-13(10)16)3-5-14(18)17-7-6-12(9-17)15(19)20/h2,4,8,12H,3,5-7,9H2,1H3,(H,19,20). The Morgan fingerprint density at radius 1 is 1.45 bits per heavy atom. The van der Waals surface area contributed by atoms with Gasteiger partial charge < -0.3 is 10.0 Å². The van der Waals surface area contributed by atoms with Crippen LogP contribution >= 0.6 is 15.9 Å². The molecule has 1 N–H and O–H groups in total. The van der Waals surface area contributed by atoms with Crippen LogP contribution < -0.4 is 0 Å². The van der Waals surface area contributed by atoms with Gasteiger partial charge in [-0.25, -0.2) is 0 Å². The SMILES string of the molecule is Cc1cc(CCC(=O)N2CCC(C(=O)O)C2)ccc1Br. The Hall–Kier alpha value is -1.36. The Morgan fingerprint density at radius 3 is 2.80 bits per heavy atom. The molecule has 1 aliphatic rings. The first kappa shape index (κ1) is 15.0. The summed E-state index contributed by atoms with van der Waals surface area (Å²) >= 11 is 3.45. The summed E-state index contributed by atoms with van der Waals surface area (Å²) in [5, 5.41) is 8.93. The molecule has 1 aromatic carbocycles. The molecular weight excluding hydrogens is 322 g/mol. The molecule has 1 aliphatic heterocycles. The van der Waals surface area contributed by atoms with Crippen LogP contribution in [0, 0.1) is 12.8 Å². The highest BCUT2D eigenvalue weighted by Gasteiger charge is 2.30. The zero-order chi connectivity index (χ0) is 14.7. The number of hydrogen-bond donors (Lipinski definition) is 1. The van der Waals surface area contributed by atoms with E-state index in [4.69, 9.17) is 5.11 Å². The topological polar surface area (TPSA) is 57.6 Å². The maximum absolute atomic E-state index is 12.1. The molecule has 1 amide bonds. The lowest BCUT2D eigenvalue weighted by Crippen LogP contribution is -2.30. The number of benzene rings is 1. The van der Waals surface area contributed by atoms with E-state index in [1.807, 2.05) is 19.1 Å². The van der Waals surface area contributed by atoms with Gasteiger partial charge in [-0.15, -0.1) is 0 Å². The van der Waals surface area contributed by atoms with Crippen LogP contribution in [0.3, 0.4) is 0 Å². The number of carbonyl (C=O) groups is 2. The van der Waals surface area contributed by atoms with E-state index < -0.39 is 11.9 Å². The lowest BCUT2D eigenvalue weighted by atomic mass is 10.1. The van der Waals surface area contributed by atoms with Gasteiger partial charge in [0.1, 0.15) is 0 Å². The van der Waals surface area contributed by atoms with E-state index in [1.165, 1.54) is 0 Å². The summed E-state index contributed by atoms with van der Waals surface area (Å²) in [6.45, 7) is 2.94. The largest absolute Gasteiger partial charge is 0.481 e. The fourth-order valence-electron chi connectivity index (χ4n) is 2.46. The molecule has 1 atom stereocenters. The van der Waals surface area contributed by atoms with E-state index in [2.05, 4.69) is 22.0 Å². The van der Waals surface area contributed by atoms with Gasteiger partial charge in [-0.1, -0.05) is 28.1 Å². The predicted octanol–water partition coefficient (Wildman–Crippen LogP) is 2.62. The van der Waals surface area contributed by atoms with Crippen LogP contribution in [-0.4, -0.2) is 35.0 Å². The molecule has 20 heavy (non-hydrogen) atoms. The third-order valence-electron chi connectivity index (χ3n) is 3.74. The van der Waals surface area contributed by atoms with E-state index in [-0.39, 0.29) is 5.91 Å². The number of amides is 1. The summed E-state index contributed by atoms with van der Waals surface area (Å²) in [6.07, 6.45) is 1.70. The molecular formula is C15H18BrNO3. The van der Waals surface area contributed by atoms with Crippen LogP contribution in [0.25, 0.3) is 0 Å². The molecule has 5 heteroatoms. The third kappa shape index (κ3) is 3.60. The number of hydrogen-bond acceptors (Lipinski definition) is 2. The first-order chi connectivity index (χ1) is 9.47. The highest BCUT2D eigenvalue weighted by atomic mass is 79.9. The molecule has 1 heterocycles. The van der Waals surface area contributed by atoms with Crippen LogP contribution in [0.15, 0.2) is 22.7 Å². The molecule has 1 saturated heterocycles. The number of carbonyl (C=O) groups excluding carboxylic acids is 1. The minimum absolute atomic E-state index is 0.0503. The van der Waals surface area contributed by atoms with Crippen molar-refractivity contribution in [3.8, 4) is 0 Å². The van der Waals surface area contributed by atoms with E-state index in [0.29, 0.717) is 32.4 Å². The second kappa shape index (κ2) is 6.39. The normalized spacial score (nSPS) is 18.3. The third-order valence-corrected chi connectivity index (χ3v) is 4.63. The number of aliphatic carboxylic acids is 1. The molecule has 108 valence electrons. The van der Waals surface area contributed by atoms with Crippen molar-refractivity contribution in [2.45, 2.75) is 26.2 Å². The number of carboxylic acids is 1. The highest BCUT2D eigenvalue weighted by Crippen LogP contribution is 2.20. The monoisotopic (exact) mass is 339 g/mol. The molecule has 4 nitrogen and oxygen atoms in total. The van der Waals surface area contributed by atoms with Crippen molar-refractivity contribution in [1.82, 2.24) is 4.90 Å². The maximum Gasteiger partial charge on any atom is 0.308 e. The van der Waals surface area contributed by atoms with Crippen molar-refractivity contribution < 1.29 is 14.7 Å². The van der Waals surface area contributed by atoms with Crippen LogP contribution in [0.2, 0.25) is 0 Å². The molecule has 0 bridgehead atoms. The maximum atomic E-state index is 12.1. The smallest absolute Gasteiger partial charge is 0.308 e. The van der Waals surface area contributed by atoms with Gasteiger partial charge >= 0.3 is 5.97 Å². The number of aryl methyl sites for hydroxylation is 2. The van der Waals surface area contributed by atoms with Crippen LogP contribution in [-0.2, 0) is 16.0 Å². The predicted molar refractivity (Wildman–Crippen MR) is 79.5 cm³/mol. The molecule has 1 unspecified atom stereocenters. The summed E-state index contributed by atoms with van der Waals surface area (Å²) in [5.41, 5.74) is 2.29. The molecule has 0 spiro atoms. The summed E-state index contributed by atoms with van der Waals surface area (Å²) in [5.74, 6) is -1.15. The summed E-state index contributed by atoms with van der Waals surface area (Å²) in [4.78, 5) is 24.6. The van der Waals surface area contributed by atoms with Crippen molar-refractivity contribution in [2.75, 3.05) is 13.1 Å². The lowest BCUT2D eigenvalue weighted by molar-refractivity contribution is -0.141. The molecule has 0 saturated carbocycles. The highest BCUT2D eigenvalue weighted by molar-refractivity contribution is 9.10. The van der Waals surface area contributed by atoms with Gasteiger partial charge in [0.25, 0.3) is 0 Å². The first-order valence-electron chi connectivity index (χ1n) is 6.73. The fourth-order valence-corrected chi connectivity index (χ4v) is 2.71. The van der Waals surface area contributed by atoms with E-state index in [1.54, 1.807) is 4.90 Å². The molecule has 1 aromatic rings. The van der Waals surface area contributed by atoms with Gasteiger partial charge in [-0.2, -0.15) is 0 Å². The minimum Gasteiger partial charge on any atom is -0.481 e. The van der Waals surface area contributed by atoms with Crippen molar-refractivity contribution in [3.63, 3.8) is 0 Å². The van der Waals surface area contributed by atoms with Gasteiger partial charge in [-0.3, -0.25) is 9.59 Å². The number of rotatable bonds is 4. The van der Waals surface area contributed by atoms with Gasteiger partial charge in [0.05, 0.1) is 5.92 Å². The number of nitrogens with zero attached hydrogens (tertiary/aromatic N) is 1. The quantitative estimate of drug-likeness (QED) is 0.917. The number of halogens is 1. The molecule has 1 fully saturated rings. The van der Waals surface area contributed by atoms with E-state index >= 15 is 0 Å². The van der Waals surface area contributed by atoms with Gasteiger partial charge in [0, 0.05) is 24.0 Å². The lowest BCUT2D eigenvalue weighted by Gasteiger charge is -2.15. The second-order valence-electron chi connectivity index (χ2n) is 5.25. The van der Waals surface area contributed by atoms with Crippen molar-refractivity contribution in [1.29, 1.82) is 0 Å². The Morgan fingerprint density at radius 2 is 2.20 bits per heavy atom. The van der Waals surface area contributed by atoms with Crippen molar-refractivity contribution in [3.05, 3.63) is 33.8 Å². The first-order valence-corrected chi connectivity index (χ1v) is 7.52. The van der Waals surface area contributed by atoms with Gasteiger partial charge in [0.2, 0.25) is 5.91 Å². The van der Waals surface area contributed by atoms with Gasteiger partial charge in [-0.05, 0) is 37.0 Å². The summed E-state index contributed by atoms with van der Waals surface area (Å²) in [7, 11) is 0. The second-order valence-corrected chi connectivity index (χ2v) is 6.10. The summed E-state index contributed by atoms with van der Waals surface area (Å²) in [6, 6.07) is 6.07. The van der Waals surface area contributed by atoms with Crippen molar-refractivity contribution in [2.24, 2.45) is 5.92 Å². The minimum atomic E-state index is -0.802. The Balaban J connectivity index is 1.86. The average molecular weight is 340 g/mol. The molecule has 0 aliphatic carbocycles. The number of likely N-dealkylation sites (tertiary alicyclic amines) is 1. The Labute approximate surface area is 126 Å². The van der Waals surface area contributed by atoms with Crippen LogP contribution in [0.5, 0.6) is 0 Å². The fraction of sp³-hybridized carbons (Fsp3) is 0.467. The van der Waals surface area contributed by atoms with E-state index in [0.717, 1.165) is 15.6 Å². The zero-order valence-electron chi connectivity index (χ0n) is 11.4. The Kier molecular flexibility index (Phi) is 4.81. The van der Waals surface area contributed by atoms with Crippen molar-refractivity contribution >= 4 is 27.8 Å².